The first-order valence-electron chi connectivity index (χ1n) is 7.79. The molecule has 0 aromatic heterocycles. The zero-order valence-corrected chi connectivity index (χ0v) is 14.3. The van der Waals surface area contributed by atoms with Crippen molar-refractivity contribution in [2.75, 3.05) is 11.4 Å². The Balaban J connectivity index is 1.75. The summed E-state index contributed by atoms with van der Waals surface area (Å²) in [6, 6.07) is 12.8. The van der Waals surface area contributed by atoms with Gasteiger partial charge in [0.2, 0.25) is 5.91 Å². The zero-order valence-electron chi connectivity index (χ0n) is 13.6. The van der Waals surface area contributed by atoms with Gasteiger partial charge in [-0.05, 0) is 43.2 Å². The number of hydrogen-bond acceptors (Lipinski definition) is 3. The van der Waals surface area contributed by atoms with Crippen molar-refractivity contribution in [2.45, 2.75) is 20.3 Å². The van der Waals surface area contributed by atoms with Gasteiger partial charge in [0.25, 0.3) is 0 Å². The summed E-state index contributed by atoms with van der Waals surface area (Å²) in [4.78, 5) is 26.3. The molecule has 0 radical (unpaired) electrons. The first kappa shape index (κ1) is 16.5. The van der Waals surface area contributed by atoms with E-state index >= 15 is 0 Å². The van der Waals surface area contributed by atoms with Gasteiger partial charge in [0.1, 0.15) is 5.75 Å². The molecule has 1 atom stereocenters. The van der Waals surface area contributed by atoms with Gasteiger partial charge >= 0.3 is 5.97 Å². The number of para-hydroxylation sites is 1. The summed E-state index contributed by atoms with van der Waals surface area (Å²) in [5.74, 6) is -0.363. The van der Waals surface area contributed by atoms with Gasteiger partial charge in [0.15, 0.2) is 0 Å². The summed E-state index contributed by atoms with van der Waals surface area (Å²) in [6.45, 7) is 4.10. The summed E-state index contributed by atoms with van der Waals surface area (Å²) >= 11 is 5.98. The van der Waals surface area contributed by atoms with E-state index < -0.39 is 5.92 Å². The number of halogens is 1. The number of ether oxygens (including phenoxy) is 1. The van der Waals surface area contributed by atoms with E-state index in [1.54, 1.807) is 23.1 Å². The largest absolute Gasteiger partial charge is 0.426 e. The van der Waals surface area contributed by atoms with Crippen LogP contribution >= 0.6 is 11.6 Å². The van der Waals surface area contributed by atoms with Gasteiger partial charge in [0, 0.05) is 23.7 Å². The molecule has 1 amide bonds. The highest BCUT2D eigenvalue weighted by atomic mass is 35.5. The van der Waals surface area contributed by atoms with Crippen LogP contribution in [0.2, 0.25) is 5.02 Å². The lowest BCUT2D eigenvalue weighted by atomic mass is 10.1. The maximum absolute atomic E-state index is 12.5. The summed E-state index contributed by atoms with van der Waals surface area (Å²) in [7, 11) is 0. The van der Waals surface area contributed by atoms with Gasteiger partial charge in [0.05, 0.1) is 5.92 Å². The number of carbonyl (C=O) groups excluding carboxylic acids is 2. The van der Waals surface area contributed by atoms with Crippen molar-refractivity contribution in [2.24, 2.45) is 5.92 Å². The van der Waals surface area contributed by atoms with Crippen LogP contribution in [0.5, 0.6) is 5.75 Å². The van der Waals surface area contributed by atoms with Crippen LogP contribution in [0.15, 0.2) is 42.5 Å². The fourth-order valence-corrected chi connectivity index (χ4v) is 3.09. The molecule has 1 saturated heterocycles. The maximum Gasteiger partial charge on any atom is 0.316 e. The Kier molecular flexibility index (Phi) is 4.58. The number of hydrogen-bond donors (Lipinski definition) is 0. The van der Waals surface area contributed by atoms with E-state index in [4.69, 9.17) is 16.3 Å². The van der Waals surface area contributed by atoms with Crippen LogP contribution in [0.4, 0.5) is 5.69 Å². The van der Waals surface area contributed by atoms with Crippen LogP contribution in [-0.2, 0) is 9.59 Å². The summed E-state index contributed by atoms with van der Waals surface area (Å²) in [6.07, 6.45) is 0.149. The number of carbonyl (C=O) groups is 2. The minimum absolute atomic E-state index is 0.0966. The Morgan fingerprint density at radius 3 is 2.50 bits per heavy atom. The Morgan fingerprint density at radius 1 is 1.17 bits per heavy atom. The Morgan fingerprint density at radius 2 is 1.83 bits per heavy atom. The van der Waals surface area contributed by atoms with Gasteiger partial charge in [-0.25, -0.2) is 0 Å². The highest BCUT2D eigenvalue weighted by Crippen LogP contribution is 2.29. The quantitative estimate of drug-likeness (QED) is 0.627. The Bertz CT molecular complexity index is 783. The summed E-state index contributed by atoms with van der Waals surface area (Å²) in [5.41, 5.74) is 2.51. The molecule has 1 aliphatic heterocycles. The van der Waals surface area contributed by atoms with Gasteiger partial charge in [-0.3, -0.25) is 9.59 Å². The summed E-state index contributed by atoms with van der Waals surface area (Å²) in [5, 5.41) is 0.557. The van der Waals surface area contributed by atoms with Gasteiger partial charge in [-0.15, -0.1) is 0 Å². The van der Waals surface area contributed by atoms with Crippen LogP contribution < -0.4 is 9.64 Å². The first-order valence-corrected chi connectivity index (χ1v) is 8.17. The lowest BCUT2D eigenvalue weighted by molar-refractivity contribution is -0.139. The second-order valence-corrected chi connectivity index (χ2v) is 6.46. The molecule has 1 aliphatic rings. The molecular weight excluding hydrogens is 326 g/mol. The van der Waals surface area contributed by atoms with Crippen molar-refractivity contribution < 1.29 is 14.3 Å². The highest BCUT2D eigenvalue weighted by Gasteiger charge is 2.36. The smallest absolute Gasteiger partial charge is 0.316 e. The van der Waals surface area contributed by atoms with Crippen molar-refractivity contribution in [1.29, 1.82) is 0 Å². The first-order chi connectivity index (χ1) is 11.5. The molecule has 1 fully saturated rings. The fourth-order valence-electron chi connectivity index (χ4n) is 2.90. The molecule has 24 heavy (non-hydrogen) atoms. The second-order valence-electron chi connectivity index (χ2n) is 6.03. The molecule has 0 bridgehead atoms. The van der Waals surface area contributed by atoms with E-state index in [2.05, 4.69) is 0 Å². The number of esters is 1. The average molecular weight is 344 g/mol. The van der Waals surface area contributed by atoms with Crippen molar-refractivity contribution in [1.82, 2.24) is 0 Å². The van der Waals surface area contributed by atoms with E-state index in [-0.39, 0.29) is 18.3 Å². The number of benzene rings is 2. The monoisotopic (exact) mass is 343 g/mol. The topological polar surface area (TPSA) is 46.6 Å². The van der Waals surface area contributed by atoms with Crippen LogP contribution in [0.3, 0.4) is 0 Å². The van der Waals surface area contributed by atoms with Crippen LogP contribution in [0, 0.1) is 19.8 Å². The highest BCUT2D eigenvalue weighted by molar-refractivity contribution is 6.30. The van der Waals surface area contributed by atoms with Crippen molar-refractivity contribution in [3.63, 3.8) is 0 Å². The Labute approximate surface area is 146 Å². The number of amides is 1. The number of anilines is 1. The molecule has 124 valence electrons. The number of rotatable bonds is 3. The lowest BCUT2D eigenvalue weighted by Crippen LogP contribution is -2.27. The predicted octanol–water partition coefficient (Wildman–Crippen LogP) is 3.92. The fraction of sp³-hybridized carbons (Fsp3) is 0.263. The molecule has 1 heterocycles. The molecule has 0 unspecified atom stereocenters. The molecule has 0 N–H and O–H groups in total. The van der Waals surface area contributed by atoms with Crippen LogP contribution in [-0.4, -0.2) is 18.4 Å². The van der Waals surface area contributed by atoms with E-state index in [9.17, 15) is 9.59 Å². The standard InChI is InChI=1S/C19H18ClNO3/c1-12-5-3-6-13(2)18(12)24-19(23)14-9-17(22)21(11-14)16-8-4-7-15(20)10-16/h3-8,10,14H,9,11H2,1-2H3/t14-/m1/s1. The molecule has 3 rings (SSSR count). The third-order valence-electron chi connectivity index (χ3n) is 4.19. The normalized spacial score (nSPS) is 17.2. The Hall–Kier alpha value is -2.33. The second kappa shape index (κ2) is 6.65. The molecule has 0 spiro atoms. The van der Waals surface area contributed by atoms with Gasteiger partial charge in [-0.2, -0.15) is 0 Å². The number of nitrogens with zero attached hydrogens (tertiary/aromatic N) is 1. The van der Waals surface area contributed by atoms with Gasteiger partial charge < -0.3 is 9.64 Å². The molecule has 5 heteroatoms. The molecule has 4 nitrogen and oxygen atoms in total. The minimum Gasteiger partial charge on any atom is -0.426 e. The minimum atomic E-state index is -0.476. The molecule has 0 saturated carbocycles. The van der Waals surface area contributed by atoms with E-state index in [0.29, 0.717) is 23.0 Å². The van der Waals surface area contributed by atoms with E-state index in [0.717, 1.165) is 11.1 Å². The lowest BCUT2D eigenvalue weighted by Gasteiger charge is -2.17. The van der Waals surface area contributed by atoms with Crippen LogP contribution in [0.1, 0.15) is 17.5 Å². The van der Waals surface area contributed by atoms with E-state index in [1.165, 1.54) is 0 Å². The van der Waals surface area contributed by atoms with E-state index in [1.807, 2.05) is 38.1 Å². The maximum atomic E-state index is 12.5. The SMILES string of the molecule is Cc1cccc(C)c1OC(=O)[C@@H]1CC(=O)N(c2cccc(Cl)c2)C1. The third-order valence-corrected chi connectivity index (χ3v) is 4.42. The molecule has 2 aromatic rings. The van der Waals surface area contributed by atoms with Gasteiger partial charge in [-0.1, -0.05) is 35.9 Å². The number of aryl methyl sites for hydroxylation is 2. The molecular formula is C19H18ClNO3. The molecule has 2 aromatic carbocycles. The average Bonchev–Trinajstić information content (AvgIpc) is 2.93. The zero-order chi connectivity index (χ0) is 17.3. The third kappa shape index (κ3) is 3.29. The summed E-state index contributed by atoms with van der Waals surface area (Å²) < 4.78 is 5.57. The van der Waals surface area contributed by atoms with Crippen molar-refractivity contribution >= 4 is 29.2 Å². The van der Waals surface area contributed by atoms with Crippen molar-refractivity contribution in [3.05, 3.63) is 58.6 Å². The molecule has 0 aliphatic carbocycles. The predicted molar refractivity (Wildman–Crippen MR) is 93.5 cm³/mol. The van der Waals surface area contributed by atoms with Crippen molar-refractivity contribution in [3.8, 4) is 5.75 Å². The van der Waals surface area contributed by atoms with Crippen LogP contribution in [0.25, 0.3) is 0 Å².